The van der Waals surface area contributed by atoms with Gasteiger partial charge in [0.2, 0.25) is 0 Å². The molecule has 0 aromatic heterocycles. The summed E-state index contributed by atoms with van der Waals surface area (Å²) in [6.07, 6.45) is 3.61. The molecule has 1 aromatic carbocycles. The van der Waals surface area contributed by atoms with E-state index >= 15 is 0 Å². The monoisotopic (exact) mass is 346 g/mol. The molecular formula is C20H34N4O. The lowest BCUT2D eigenvalue weighted by molar-refractivity contribution is 0.206. The summed E-state index contributed by atoms with van der Waals surface area (Å²) in [6, 6.07) is 8.70. The maximum Gasteiger partial charge on any atom is 0.191 e. The van der Waals surface area contributed by atoms with Crippen LogP contribution >= 0.6 is 0 Å². The average Bonchev–Trinajstić information content (AvgIpc) is 2.62. The first kappa shape index (κ1) is 19.6. The van der Waals surface area contributed by atoms with Gasteiger partial charge in [0.1, 0.15) is 5.75 Å². The van der Waals surface area contributed by atoms with Crippen molar-refractivity contribution in [2.45, 2.75) is 52.6 Å². The van der Waals surface area contributed by atoms with Crippen molar-refractivity contribution in [1.82, 2.24) is 15.5 Å². The van der Waals surface area contributed by atoms with Crippen molar-refractivity contribution in [2.24, 2.45) is 4.99 Å². The standard InChI is InChI=1S/C20H34N4O/c1-4-12-24-13-10-18(11-14-24)23-20(21-5-2)22-16-17-8-7-9-19(15-17)25-6-3/h7-9,15,18H,4-6,10-14,16H2,1-3H3,(H2,21,22,23). The van der Waals surface area contributed by atoms with E-state index in [1.807, 2.05) is 19.1 Å². The molecule has 0 radical (unpaired) electrons. The van der Waals surface area contributed by atoms with Crippen LogP contribution in [0, 0.1) is 0 Å². The van der Waals surface area contributed by atoms with Crippen LogP contribution in [-0.2, 0) is 6.54 Å². The fraction of sp³-hybridized carbons (Fsp3) is 0.650. The summed E-state index contributed by atoms with van der Waals surface area (Å²) in [4.78, 5) is 7.32. The van der Waals surface area contributed by atoms with Gasteiger partial charge in [0.25, 0.3) is 0 Å². The fourth-order valence-electron chi connectivity index (χ4n) is 3.20. The van der Waals surface area contributed by atoms with E-state index < -0.39 is 0 Å². The van der Waals surface area contributed by atoms with Crippen molar-refractivity contribution in [3.05, 3.63) is 29.8 Å². The van der Waals surface area contributed by atoms with Crippen LogP contribution in [0.4, 0.5) is 0 Å². The topological polar surface area (TPSA) is 48.9 Å². The van der Waals surface area contributed by atoms with Gasteiger partial charge in [-0.1, -0.05) is 19.1 Å². The van der Waals surface area contributed by atoms with E-state index in [9.17, 15) is 0 Å². The summed E-state index contributed by atoms with van der Waals surface area (Å²) in [6.45, 7) is 12.2. The van der Waals surface area contributed by atoms with Gasteiger partial charge in [0.15, 0.2) is 5.96 Å². The van der Waals surface area contributed by atoms with Gasteiger partial charge in [-0.05, 0) is 57.4 Å². The molecule has 0 unspecified atom stereocenters. The molecule has 0 bridgehead atoms. The first-order valence-electron chi connectivity index (χ1n) is 9.74. The molecule has 0 atom stereocenters. The van der Waals surface area contributed by atoms with E-state index in [2.05, 4.69) is 41.5 Å². The van der Waals surface area contributed by atoms with Crippen LogP contribution in [0.5, 0.6) is 5.75 Å². The molecule has 0 saturated carbocycles. The number of likely N-dealkylation sites (tertiary alicyclic amines) is 1. The SMILES string of the molecule is CCCN1CCC(NC(=NCc2cccc(OCC)c2)NCC)CC1. The molecule has 0 amide bonds. The Morgan fingerprint density at radius 1 is 1.24 bits per heavy atom. The molecule has 25 heavy (non-hydrogen) atoms. The highest BCUT2D eigenvalue weighted by molar-refractivity contribution is 5.80. The van der Waals surface area contributed by atoms with Crippen LogP contribution in [0.1, 0.15) is 45.6 Å². The molecule has 0 spiro atoms. The summed E-state index contributed by atoms with van der Waals surface area (Å²) in [5.74, 6) is 1.83. The van der Waals surface area contributed by atoms with Gasteiger partial charge in [0, 0.05) is 25.7 Å². The maximum atomic E-state index is 5.57. The predicted molar refractivity (Wildman–Crippen MR) is 105 cm³/mol. The summed E-state index contributed by atoms with van der Waals surface area (Å²) < 4.78 is 5.57. The lowest BCUT2D eigenvalue weighted by Crippen LogP contribution is -2.48. The van der Waals surface area contributed by atoms with Gasteiger partial charge >= 0.3 is 0 Å². The molecule has 1 aromatic rings. The second kappa shape index (κ2) is 11.0. The molecule has 1 heterocycles. The highest BCUT2D eigenvalue weighted by Crippen LogP contribution is 2.14. The summed E-state index contributed by atoms with van der Waals surface area (Å²) in [5.41, 5.74) is 1.17. The minimum atomic E-state index is 0.515. The number of nitrogens with one attached hydrogen (secondary N) is 2. The fourth-order valence-corrected chi connectivity index (χ4v) is 3.20. The molecule has 1 fully saturated rings. The molecule has 1 aliphatic rings. The van der Waals surface area contributed by atoms with Crippen LogP contribution in [0.2, 0.25) is 0 Å². The second-order valence-corrected chi connectivity index (χ2v) is 6.54. The highest BCUT2D eigenvalue weighted by Gasteiger charge is 2.19. The van der Waals surface area contributed by atoms with E-state index in [0.717, 1.165) is 18.3 Å². The van der Waals surface area contributed by atoms with E-state index in [1.54, 1.807) is 0 Å². The Balaban J connectivity index is 1.89. The van der Waals surface area contributed by atoms with Gasteiger partial charge in [-0.3, -0.25) is 0 Å². The Hall–Kier alpha value is -1.75. The minimum absolute atomic E-state index is 0.515. The van der Waals surface area contributed by atoms with Gasteiger partial charge in [0.05, 0.1) is 13.2 Å². The van der Waals surface area contributed by atoms with E-state index in [-0.39, 0.29) is 0 Å². The number of hydrogen-bond acceptors (Lipinski definition) is 3. The normalized spacial score (nSPS) is 16.7. The third-order valence-corrected chi connectivity index (χ3v) is 4.44. The average molecular weight is 347 g/mol. The molecule has 0 aliphatic carbocycles. The van der Waals surface area contributed by atoms with Crippen molar-refractivity contribution in [3.63, 3.8) is 0 Å². The number of nitrogens with zero attached hydrogens (tertiary/aromatic N) is 2. The third kappa shape index (κ3) is 6.94. The molecule has 140 valence electrons. The Morgan fingerprint density at radius 2 is 2.04 bits per heavy atom. The number of hydrogen-bond donors (Lipinski definition) is 2. The number of aliphatic imine (C=N–C) groups is 1. The smallest absolute Gasteiger partial charge is 0.191 e. The summed E-state index contributed by atoms with van der Waals surface area (Å²) in [7, 11) is 0. The summed E-state index contributed by atoms with van der Waals surface area (Å²) >= 11 is 0. The quantitative estimate of drug-likeness (QED) is 0.561. The van der Waals surface area contributed by atoms with E-state index in [0.29, 0.717) is 19.2 Å². The lowest BCUT2D eigenvalue weighted by atomic mass is 10.1. The zero-order chi connectivity index (χ0) is 17.9. The summed E-state index contributed by atoms with van der Waals surface area (Å²) in [5, 5.41) is 6.98. The molecular weight excluding hydrogens is 312 g/mol. The molecule has 5 nitrogen and oxygen atoms in total. The van der Waals surface area contributed by atoms with Gasteiger partial charge in [-0.15, -0.1) is 0 Å². The zero-order valence-corrected chi connectivity index (χ0v) is 16.1. The second-order valence-electron chi connectivity index (χ2n) is 6.54. The number of benzene rings is 1. The van der Waals surface area contributed by atoms with Gasteiger partial charge < -0.3 is 20.3 Å². The van der Waals surface area contributed by atoms with Gasteiger partial charge in [-0.2, -0.15) is 0 Å². The largest absolute Gasteiger partial charge is 0.494 e. The first-order chi connectivity index (χ1) is 12.2. The van der Waals surface area contributed by atoms with Crippen LogP contribution in [0.15, 0.2) is 29.3 Å². The lowest BCUT2D eigenvalue weighted by Gasteiger charge is -2.32. The number of piperidine rings is 1. The number of rotatable bonds is 8. The molecule has 1 saturated heterocycles. The van der Waals surface area contributed by atoms with Crippen molar-refractivity contribution in [1.29, 1.82) is 0 Å². The molecule has 1 aliphatic heterocycles. The minimum Gasteiger partial charge on any atom is -0.494 e. The maximum absolute atomic E-state index is 5.57. The number of guanidine groups is 1. The zero-order valence-electron chi connectivity index (χ0n) is 16.1. The van der Waals surface area contributed by atoms with Crippen molar-refractivity contribution in [3.8, 4) is 5.75 Å². The Labute approximate surface area is 152 Å². The van der Waals surface area contributed by atoms with Crippen molar-refractivity contribution < 1.29 is 4.74 Å². The van der Waals surface area contributed by atoms with Gasteiger partial charge in [-0.25, -0.2) is 4.99 Å². The van der Waals surface area contributed by atoms with Crippen LogP contribution in [0.3, 0.4) is 0 Å². The Kier molecular flexibility index (Phi) is 8.60. The van der Waals surface area contributed by atoms with Crippen LogP contribution in [-0.4, -0.2) is 49.7 Å². The van der Waals surface area contributed by atoms with Crippen molar-refractivity contribution >= 4 is 5.96 Å². The predicted octanol–water partition coefficient (Wildman–Crippen LogP) is 3.01. The molecule has 5 heteroatoms. The van der Waals surface area contributed by atoms with E-state index in [4.69, 9.17) is 9.73 Å². The first-order valence-corrected chi connectivity index (χ1v) is 9.74. The highest BCUT2D eigenvalue weighted by atomic mass is 16.5. The molecule has 2 N–H and O–H groups in total. The molecule has 2 rings (SSSR count). The van der Waals surface area contributed by atoms with E-state index in [1.165, 1.54) is 44.5 Å². The van der Waals surface area contributed by atoms with Crippen LogP contribution in [0.25, 0.3) is 0 Å². The van der Waals surface area contributed by atoms with Crippen molar-refractivity contribution in [2.75, 3.05) is 32.8 Å². The Morgan fingerprint density at radius 3 is 2.72 bits per heavy atom. The van der Waals surface area contributed by atoms with Crippen LogP contribution < -0.4 is 15.4 Å². The number of ether oxygens (including phenoxy) is 1. The third-order valence-electron chi connectivity index (χ3n) is 4.44. The Bertz CT molecular complexity index is 524.